The van der Waals surface area contributed by atoms with E-state index in [-0.39, 0.29) is 24.3 Å². The zero-order valence-electron chi connectivity index (χ0n) is 15.1. The lowest BCUT2D eigenvalue weighted by molar-refractivity contribution is -0.139. The maximum atomic E-state index is 12.8. The average Bonchev–Trinajstić information content (AvgIpc) is 3.00. The fraction of sp³-hybridized carbons (Fsp3) is 0.286. The topological polar surface area (TPSA) is 84.2 Å². The van der Waals surface area contributed by atoms with Gasteiger partial charge < -0.3 is 15.0 Å². The second kappa shape index (κ2) is 6.87. The summed E-state index contributed by atoms with van der Waals surface area (Å²) in [5.74, 6) is -1.01. The summed E-state index contributed by atoms with van der Waals surface area (Å²) in [5.41, 5.74) is 3.87. The van der Waals surface area contributed by atoms with Gasteiger partial charge in [0.15, 0.2) is 0 Å². The van der Waals surface area contributed by atoms with Gasteiger partial charge in [-0.05, 0) is 30.9 Å². The van der Waals surface area contributed by atoms with E-state index >= 15 is 0 Å². The third kappa shape index (κ3) is 3.30. The number of pyridine rings is 1. The van der Waals surface area contributed by atoms with Gasteiger partial charge in [-0.1, -0.05) is 30.3 Å². The predicted octanol–water partition coefficient (Wildman–Crippen LogP) is 3.22. The number of rotatable bonds is 5. The van der Waals surface area contributed by atoms with Crippen LogP contribution in [-0.4, -0.2) is 32.6 Å². The zero-order chi connectivity index (χ0) is 19.0. The number of nitrogens with one attached hydrogen (secondary N) is 1. The largest absolute Gasteiger partial charge is 0.481 e. The minimum absolute atomic E-state index is 0.00858. The average molecular weight is 363 g/mol. The molecular formula is C21H21N3O3. The van der Waals surface area contributed by atoms with Crippen molar-refractivity contribution in [3.8, 4) is 11.3 Å². The van der Waals surface area contributed by atoms with Crippen LogP contribution in [0.3, 0.4) is 0 Å². The highest BCUT2D eigenvalue weighted by Crippen LogP contribution is 2.31. The number of hydrogen-bond donors (Lipinski definition) is 2. The highest BCUT2D eigenvalue weighted by Gasteiger charge is 2.34. The summed E-state index contributed by atoms with van der Waals surface area (Å²) in [6.45, 7) is 0. The SMILES string of the molecule is Cn1cc(C(=O)NC2CCC2CC(=O)O)c2nc(-c3ccccc3)ccc21. The van der Waals surface area contributed by atoms with E-state index in [1.807, 2.05) is 54.1 Å². The van der Waals surface area contributed by atoms with Crippen LogP contribution in [0.15, 0.2) is 48.7 Å². The number of carboxylic acid groups (broad SMARTS) is 1. The maximum absolute atomic E-state index is 12.8. The van der Waals surface area contributed by atoms with Gasteiger partial charge in [-0.3, -0.25) is 9.59 Å². The highest BCUT2D eigenvalue weighted by molar-refractivity contribution is 6.06. The van der Waals surface area contributed by atoms with E-state index in [4.69, 9.17) is 10.1 Å². The van der Waals surface area contributed by atoms with Crippen molar-refractivity contribution in [3.05, 3.63) is 54.2 Å². The molecule has 6 nitrogen and oxygen atoms in total. The summed E-state index contributed by atoms with van der Waals surface area (Å²) in [5, 5.41) is 12.0. The summed E-state index contributed by atoms with van der Waals surface area (Å²) >= 11 is 0. The summed E-state index contributed by atoms with van der Waals surface area (Å²) in [4.78, 5) is 28.5. The van der Waals surface area contributed by atoms with Gasteiger partial charge in [0.05, 0.1) is 23.2 Å². The van der Waals surface area contributed by atoms with Crippen LogP contribution in [-0.2, 0) is 11.8 Å². The van der Waals surface area contributed by atoms with Crippen molar-refractivity contribution >= 4 is 22.9 Å². The summed E-state index contributed by atoms with van der Waals surface area (Å²) in [7, 11) is 1.89. The Kier molecular flexibility index (Phi) is 4.39. The molecule has 2 N–H and O–H groups in total. The van der Waals surface area contributed by atoms with Crippen molar-refractivity contribution < 1.29 is 14.7 Å². The molecule has 1 aliphatic rings. The van der Waals surface area contributed by atoms with Gasteiger partial charge in [-0.2, -0.15) is 0 Å². The lowest BCUT2D eigenvalue weighted by atomic mass is 9.77. The molecule has 6 heteroatoms. The Morgan fingerprint density at radius 3 is 2.63 bits per heavy atom. The number of carbonyl (C=O) groups excluding carboxylic acids is 1. The van der Waals surface area contributed by atoms with Crippen molar-refractivity contribution in [3.63, 3.8) is 0 Å². The normalized spacial score (nSPS) is 18.9. The molecule has 1 aliphatic carbocycles. The van der Waals surface area contributed by atoms with Crippen molar-refractivity contribution in [1.29, 1.82) is 0 Å². The molecule has 3 aromatic rings. The van der Waals surface area contributed by atoms with Gasteiger partial charge in [-0.25, -0.2) is 4.98 Å². The van der Waals surface area contributed by atoms with Gasteiger partial charge in [0, 0.05) is 24.8 Å². The molecule has 2 heterocycles. The van der Waals surface area contributed by atoms with E-state index in [1.54, 1.807) is 6.20 Å². The number of amides is 1. The predicted molar refractivity (Wildman–Crippen MR) is 102 cm³/mol. The van der Waals surface area contributed by atoms with Crippen LogP contribution in [0.1, 0.15) is 29.6 Å². The third-order valence-electron chi connectivity index (χ3n) is 5.32. The fourth-order valence-electron chi connectivity index (χ4n) is 3.67. The lowest BCUT2D eigenvalue weighted by Crippen LogP contribution is -2.47. The minimum Gasteiger partial charge on any atom is -0.481 e. The molecule has 0 saturated heterocycles. The Bertz CT molecular complexity index is 1010. The molecule has 1 amide bonds. The smallest absolute Gasteiger partial charge is 0.303 e. The van der Waals surface area contributed by atoms with E-state index < -0.39 is 5.97 Å². The van der Waals surface area contributed by atoms with Crippen molar-refractivity contribution in [1.82, 2.24) is 14.9 Å². The second-order valence-corrected chi connectivity index (χ2v) is 7.10. The van der Waals surface area contributed by atoms with E-state index in [1.165, 1.54) is 0 Å². The molecule has 27 heavy (non-hydrogen) atoms. The summed E-state index contributed by atoms with van der Waals surface area (Å²) in [6.07, 6.45) is 3.53. The molecule has 2 atom stereocenters. The number of aromatic nitrogens is 2. The molecule has 0 spiro atoms. The Labute approximate surface area is 156 Å². The zero-order valence-corrected chi connectivity index (χ0v) is 15.1. The number of carbonyl (C=O) groups is 2. The first-order chi connectivity index (χ1) is 13.0. The van der Waals surface area contributed by atoms with Crippen LogP contribution in [0.5, 0.6) is 0 Å². The first kappa shape index (κ1) is 17.3. The number of fused-ring (bicyclic) bond motifs is 1. The number of hydrogen-bond acceptors (Lipinski definition) is 3. The second-order valence-electron chi connectivity index (χ2n) is 7.10. The standard InChI is InChI=1S/C21H21N3O3/c1-24-12-15(21(27)23-17-8-7-14(17)11-19(25)26)20-18(24)10-9-16(22-20)13-5-3-2-4-6-13/h2-6,9-10,12,14,17H,7-8,11H2,1H3,(H,23,27)(H,25,26). The van der Waals surface area contributed by atoms with Crippen LogP contribution >= 0.6 is 0 Å². The Balaban J connectivity index is 1.63. The summed E-state index contributed by atoms with van der Waals surface area (Å²) in [6, 6.07) is 13.7. The Morgan fingerprint density at radius 1 is 1.19 bits per heavy atom. The van der Waals surface area contributed by atoms with E-state index in [0.29, 0.717) is 11.1 Å². The van der Waals surface area contributed by atoms with E-state index in [0.717, 1.165) is 29.6 Å². The van der Waals surface area contributed by atoms with Gasteiger partial charge >= 0.3 is 5.97 Å². The Hall–Kier alpha value is -3.15. The van der Waals surface area contributed by atoms with Crippen LogP contribution in [0, 0.1) is 5.92 Å². The van der Waals surface area contributed by atoms with Crippen LogP contribution in [0.4, 0.5) is 0 Å². The molecule has 1 aromatic carbocycles. The van der Waals surface area contributed by atoms with Crippen LogP contribution in [0.25, 0.3) is 22.3 Å². The molecule has 0 aliphatic heterocycles. The molecule has 4 rings (SSSR count). The first-order valence-electron chi connectivity index (χ1n) is 9.07. The molecular weight excluding hydrogens is 342 g/mol. The molecule has 2 aromatic heterocycles. The first-order valence-corrected chi connectivity index (χ1v) is 9.07. The van der Waals surface area contributed by atoms with Gasteiger partial charge in [0.25, 0.3) is 5.91 Å². The third-order valence-corrected chi connectivity index (χ3v) is 5.32. The van der Waals surface area contributed by atoms with E-state index in [2.05, 4.69) is 5.32 Å². The molecule has 138 valence electrons. The fourth-order valence-corrected chi connectivity index (χ4v) is 3.67. The van der Waals surface area contributed by atoms with Crippen molar-refractivity contribution in [2.45, 2.75) is 25.3 Å². The number of aryl methyl sites for hydroxylation is 1. The molecule has 2 unspecified atom stereocenters. The quantitative estimate of drug-likeness (QED) is 0.729. The molecule has 1 fully saturated rings. The number of benzene rings is 1. The van der Waals surface area contributed by atoms with E-state index in [9.17, 15) is 9.59 Å². The van der Waals surface area contributed by atoms with Gasteiger partial charge in [0.2, 0.25) is 0 Å². The lowest BCUT2D eigenvalue weighted by Gasteiger charge is -2.36. The minimum atomic E-state index is -0.821. The van der Waals surface area contributed by atoms with Gasteiger partial charge in [-0.15, -0.1) is 0 Å². The van der Waals surface area contributed by atoms with Gasteiger partial charge in [0.1, 0.15) is 5.52 Å². The van der Waals surface area contributed by atoms with Crippen molar-refractivity contribution in [2.75, 3.05) is 0 Å². The summed E-state index contributed by atoms with van der Waals surface area (Å²) < 4.78 is 1.89. The monoisotopic (exact) mass is 363 g/mol. The number of carboxylic acids is 1. The van der Waals surface area contributed by atoms with Crippen LogP contribution in [0.2, 0.25) is 0 Å². The Morgan fingerprint density at radius 2 is 1.96 bits per heavy atom. The maximum Gasteiger partial charge on any atom is 0.303 e. The number of nitrogens with zero attached hydrogens (tertiary/aromatic N) is 2. The molecule has 0 bridgehead atoms. The molecule has 0 radical (unpaired) electrons. The van der Waals surface area contributed by atoms with Crippen LogP contribution < -0.4 is 5.32 Å². The molecule has 1 saturated carbocycles. The highest BCUT2D eigenvalue weighted by atomic mass is 16.4. The van der Waals surface area contributed by atoms with Crippen molar-refractivity contribution in [2.24, 2.45) is 13.0 Å². The number of aliphatic carboxylic acids is 1.